The molecule has 0 fully saturated rings. The summed E-state index contributed by atoms with van der Waals surface area (Å²) in [5.41, 5.74) is 1.45. The van der Waals surface area contributed by atoms with Gasteiger partial charge < -0.3 is 14.9 Å². The molecular weight excluding hydrogens is 180 g/mol. The zero-order valence-corrected chi connectivity index (χ0v) is 7.95. The Morgan fingerprint density at radius 3 is 2.71 bits per heavy atom. The fourth-order valence-corrected chi connectivity index (χ4v) is 1.12. The third kappa shape index (κ3) is 2.49. The molecule has 0 aliphatic rings. The standard InChI is InChI=1S/C11H12O3/c1-14-11-5-4-9(3-2-6-12)7-10(11)8-13/h4-5,7,12-13H,6,8H2,1H3. The number of rotatable bonds is 2. The molecule has 3 nitrogen and oxygen atoms in total. The van der Waals surface area contributed by atoms with Gasteiger partial charge in [0.2, 0.25) is 0 Å². The highest BCUT2D eigenvalue weighted by molar-refractivity contribution is 5.43. The molecule has 0 amide bonds. The molecule has 0 aliphatic carbocycles. The van der Waals surface area contributed by atoms with E-state index >= 15 is 0 Å². The molecular formula is C11H12O3. The molecule has 1 aromatic rings. The molecule has 0 saturated carbocycles. The average Bonchev–Trinajstić information content (AvgIpc) is 2.25. The second-order valence-electron chi connectivity index (χ2n) is 2.64. The first-order valence-electron chi connectivity index (χ1n) is 4.19. The zero-order valence-electron chi connectivity index (χ0n) is 7.95. The minimum absolute atomic E-state index is 0.0855. The Bertz CT molecular complexity index is 361. The molecule has 0 aromatic heterocycles. The summed E-state index contributed by atoms with van der Waals surface area (Å²) < 4.78 is 5.04. The van der Waals surface area contributed by atoms with Crippen molar-refractivity contribution in [3.05, 3.63) is 29.3 Å². The van der Waals surface area contributed by atoms with Crippen LogP contribution < -0.4 is 4.74 Å². The monoisotopic (exact) mass is 192 g/mol. The molecule has 0 bridgehead atoms. The fourth-order valence-electron chi connectivity index (χ4n) is 1.12. The summed E-state index contributed by atoms with van der Waals surface area (Å²) in [4.78, 5) is 0. The molecule has 0 saturated heterocycles. The molecule has 0 unspecified atom stereocenters. The number of methoxy groups -OCH3 is 1. The summed E-state index contributed by atoms with van der Waals surface area (Å²) in [5.74, 6) is 5.93. The van der Waals surface area contributed by atoms with Crippen molar-refractivity contribution in [1.29, 1.82) is 0 Å². The van der Waals surface area contributed by atoms with Crippen LogP contribution in [-0.4, -0.2) is 23.9 Å². The molecule has 0 heterocycles. The summed E-state index contributed by atoms with van der Waals surface area (Å²) in [6.45, 7) is -0.252. The van der Waals surface area contributed by atoms with Crippen molar-refractivity contribution in [2.24, 2.45) is 0 Å². The van der Waals surface area contributed by atoms with Crippen LogP contribution in [0.25, 0.3) is 0 Å². The Kier molecular flexibility index (Phi) is 3.99. The van der Waals surface area contributed by atoms with Gasteiger partial charge in [-0.2, -0.15) is 0 Å². The van der Waals surface area contributed by atoms with Crippen LogP contribution in [0.4, 0.5) is 0 Å². The maximum atomic E-state index is 9.02. The van der Waals surface area contributed by atoms with E-state index in [1.807, 2.05) is 0 Å². The van der Waals surface area contributed by atoms with Crippen LogP contribution in [0.5, 0.6) is 5.75 Å². The van der Waals surface area contributed by atoms with Crippen LogP contribution >= 0.6 is 0 Å². The van der Waals surface area contributed by atoms with E-state index in [1.165, 1.54) is 0 Å². The Balaban J connectivity index is 3.01. The lowest BCUT2D eigenvalue weighted by atomic mass is 10.1. The first kappa shape index (κ1) is 10.6. The van der Waals surface area contributed by atoms with E-state index in [4.69, 9.17) is 14.9 Å². The topological polar surface area (TPSA) is 49.7 Å². The SMILES string of the molecule is COc1ccc(C#CCO)cc1CO. The van der Waals surface area contributed by atoms with Crippen molar-refractivity contribution >= 4 is 0 Å². The maximum absolute atomic E-state index is 9.02. The van der Waals surface area contributed by atoms with E-state index in [-0.39, 0.29) is 13.2 Å². The molecule has 0 spiro atoms. The van der Waals surface area contributed by atoms with Gasteiger partial charge in [-0.15, -0.1) is 0 Å². The molecule has 0 aliphatic heterocycles. The first-order chi connectivity index (χ1) is 6.81. The highest BCUT2D eigenvalue weighted by atomic mass is 16.5. The Hall–Kier alpha value is -1.50. The van der Waals surface area contributed by atoms with Gasteiger partial charge in [0.15, 0.2) is 0 Å². The van der Waals surface area contributed by atoms with Crippen LogP contribution in [0.2, 0.25) is 0 Å². The Morgan fingerprint density at radius 2 is 2.14 bits per heavy atom. The van der Waals surface area contributed by atoms with Crippen LogP contribution in [0.15, 0.2) is 18.2 Å². The van der Waals surface area contributed by atoms with Gasteiger partial charge in [-0.3, -0.25) is 0 Å². The summed E-state index contributed by atoms with van der Waals surface area (Å²) in [6, 6.07) is 5.26. The molecule has 2 N–H and O–H groups in total. The first-order valence-corrected chi connectivity index (χ1v) is 4.19. The van der Waals surface area contributed by atoms with Gasteiger partial charge in [0, 0.05) is 11.1 Å². The number of aliphatic hydroxyl groups is 2. The maximum Gasteiger partial charge on any atom is 0.124 e. The number of hydrogen-bond acceptors (Lipinski definition) is 3. The molecule has 74 valence electrons. The normalized spacial score (nSPS) is 9.07. The molecule has 3 heteroatoms. The second-order valence-corrected chi connectivity index (χ2v) is 2.64. The fraction of sp³-hybridized carbons (Fsp3) is 0.273. The summed E-state index contributed by atoms with van der Waals surface area (Å²) in [6.07, 6.45) is 0. The highest BCUT2D eigenvalue weighted by Crippen LogP contribution is 2.19. The van der Waals surface area contributed by atoms with Gasteiger partial charge in [-0.05, 0) is 18.2 Å². The van der Waals surface area contributed by atoms with Gasteiger partial charge >= 0.3 is 0 Å². The number of ether oxygens (including phenoxy) is 1. The van der Waals surface area contributed by atoms with Crippen molar-refractivity contribution in [2.75, 3.05) is 13.7 Å². The van der Waals surface area contributed by atoms with Gasteiger partial charge in [0.1, 0.15) is 12.4 Å². The van der Waals surface area contributed by atoms with E-state index in [0.29, 0.717) is 11.3 Å². The quantitative estimate of drug-likeness (QED) is 0.672. The van der Waals surface area contributed by atoms with E-state index < -0.39 is 0 Å². The minimum atomic E-state index is -0.166. The number of benzene rings is 1. The molecule has 1 rings (SSSR count). The van der Waals surface area contributed by atoms with Crippen molar-refractivity contribution in [1.82, 2.24) is 0 Å². The van der Waals surface area contributed by atoms with Crippen molar-refractivity contribution in [3.8, 4) is 17.6 Å². The Labute approximate surface area is 83.0 Å². The van der Waals surface area contributed by atoms with Crippen molar-refractivity contribution < 1.29 is 14.9 Å². The molecule has 14 heavy (non-hydrogen) atoms. The lowest BCUT2D eigenvalue weighted by Gasteiger charge is -2.05. The Morgan fingerprint density at radius 1 is 1.36 bits per heavy atom. The lowest BCUT2D eigenvalue weighted by Crippen LogP contribution is -1.92. The molecule has 1 aromatic carbocycles. The summed E-state index contributed by atoms with van der Waals surface area (Å²) in [7, 11) is 1.55. The third-order valence-electron chi connectivity index (χ3n) is 1.76. The number of hydrogen-bond donors (Lipinski definition) is 2. The van der Waals surface area contributed by atoms with Crippen LogP contribution in [-0.2, 0) is 6.61 Å². The predicted molar refractivity (Wildman–Crippen MR) is 52.9 cm³/mol. The van der Waals surface area contributed by atoms with Crippen molar-refractivity contribution in [3.63, 3.8) is 0 Å². The van der Waals surface area contributed by atoms with Crippen molar-refractivity contribution in [2.45, 2.75) is 6.61 Å². The summed E-state index contributed by atoms with van der Waals surface area (Å²) >= 11 is 0. The van der Waals surface area contributed by atoms with E-state index in [2.05, 4.69) is 11.8 Å². The van der Waals surface area contributed by atoms with Crippen LogP contribution in [0.3, 0.4) is 0 Å². The third-order valence-corrected chi connectivity index (χ3v) is 1.76. The number of aliphatic hydroxyl groups excluding tert-OH is 2. The van der Waals surface area contributed by atoms with Crippen LogP contribution in [0, 0.1) is 11.8 Å². The highest BCUT2D eigenvalue weighted by Gasteiger charge is 2.01. The van der Waals surface area contributed by atoms with E-state index in [1.54, 1.807) is 25.3 Å². The minimum Gasteiger partial charge on any atom is -0.496 e. The molecule has 0 radical (unpaired) electrons. The van der Waals surface area contributed by atoms with E-state index in [9.17, 15) is 0 Å². The predicted octanol–water partition coefficient (Wildman–Crippen LogP) is 0.531. The summed E-state index contributed by atoms with van der Waals surface area (Å²) in [5, 5.41) is 17.5. The average molecular weight is 192 g/mol. The van der Waals surface area contributed by atoms with Crippen LogP contribution in [0.1, 0.15) is 11.1 Å². The molecule has 0 atom stereocenters. The van der Waals surface area contributed by atoms with Gasteiger partial charge in [0.25, 0.3) is 0 Å². The van der Waals surface area contributed by atoms with Gasteiger partial charge in [-0.1, -0.05) is 11.8 Å². The van der Waals surface area contributed by atoms with Gasteiger partial charge in [0.05, 0.1) is 13.7 Å². The van der Waals surface area contributed by atoms with Gasteiger partial charge in [-0.25, -0.2) is 0 Å². The van der Waals surface area contributed by atoms with E-state index in [0.717, 1.165) is 5.56 Å². The largest absolute Gasteiger partial charge is 0.496 e. The second kappa shape index (κ2) is 5.28. The lowest BCUT2D eigenvalue weighted by molar-refractivity contribution is 0.274. The zero-order chi connectivity index (χ0) is 10.4. The smallest absolute Gasteiger partial charge is 0.124 e.